The van der Waals surface area contributed by atoms with E-state index in [0.29, 0.717) is 0 Å². The number of pyridine rings is 1. The van der Waals surface area contributed by atoms with Gasteiger partial charge in [0.2, 0.25) is 5.88 Å². The van der Waals surface area contributed by atoms with Crippen molar-refractivity contribution >= 4 is 35.0 Å². The standard InChI is InChI=1S/C12H7Cl2FN2O3/c13-5-1-2-6(7(15)3-5)9-4-8(16)10(14)11(17-9)20-12(18)19/h1-4H,(H2,16,17)(H,18,19). The number of nitrogen functional groups attached to an aromatic ring is 1. The van der Waals surface area contributed by atoms with Crippen molar-refractivity contribution in [2.24, 2.45) is 0 Å². The van der Waals surface area contributed by atoms with Crippen molar-refractivity contribution in [2.45, 2.75) is 0 Å². The maximum Gasteiger partial charge on any atom is 0.512 e. The van der Waals surface area contributed by atoms with Gasteiger partial charge in [-0.1, -0.05) is 23.2 Å². The van der Waals surface area contributed by atoms with Gasteiger partial charge in [-0.2, -0.15) is 0 Å². The zero-order chi connectivity index (χ0) is 14.9. The summed E-state index contributed by atoms with van der Waals surface area (Å²) in [5, 5.41) is 8.64. The van der Waals surface area contributed by atoms with Crippen LogP contribution in [-0.4, -0.2) is 16.2 Å². The highest BCUT2D eigenvalue weighted by atomic mass is 35.5. The molecule has 0 unspecified atom stereocenters. The Balaban J connectivity index is 2.57. The maximum atomic E-state index is 13.8. The van der Waals surface area contributed by atoms with Gasteiger partial charge in [-0.3, -0.25) is 0 Å². The number of nitrogens with two attached hydrogens (primary N) is 1. The number of halogens is 3. The summed E-state index contributed by atoms with van der Waals surface area (Å²) in [4.78, 5) is 14.4. The molecule has 2 aromatic rings. The molecule has 0 spiro atoms. The van der Waals surface area contributed by atoms with Gasteiger partial charge in [-0.05, 0) is 24.3 Å². The minimum absolute atomic E-state index is 0.0160. The average molecular weight is 317 g/mol. The van der Waals surface area contributed by atoms with Crippen LogP contribution in [0.25, 0.3) is 11.3 Å². The summed E-state index contributed by atoms with van der Waals surface area (Å²) in [6, 6.07) is 5.26. The van der Waals surface area contributed by atoms with Crippen LogP contribution in [0.3, 0.4) is 0 Å². The Morgan fingerprint density at radius 3 is 2.65 bits per heavy atom. The van der Waals surface area contributed by atoms with Gasteiger partial charge in [-0.15, -0.1) is 0 Å². The van der Waals surface area contributed by atoms with Crippen molar-refractivity contribution in [3.63, 3.8) is 0 Å². The van der Waals surface area contributed by atoms with E-state index in [2.05, 4.69) is 9.72 Å². The zero-order valence-electron chi connectivity index (χ0n) is 9.73. The maximum absolute atomic E-state index is 13.8. The van der Waals surface area contributed by atoms with E-state index in [0.717, 1.165) is 6.07 Å². The summed E-state index contributed by atoms with van der Waals surface area (Å²) < 4.78 is 18.2. The van der Waals surface area contributed by atoms with Crippen LogP contribution < -0.4 is 10.5 Å². The summed E-state index contributed by atoms with van der Waals surface area (Å²) in [6.45, 7) is 0. The SMILES string of the molecule is Nc1cc(-c2ccc(Cl)cc2F)nc(OC(=O)O)c1Cl. The second kappa shape index (κ2) is 5.52. The highest BCUT2D eigenvalue weighted by Gasteiger charge is 2.16. The Hall–Kier alpha value is -2.05. The predicted molar refractivity (Wildman–Crippen MR) is 72.7 cm³/mol. The molecule has 8 heteroatoms. The molecule has 1 heterocycles. The van der Waals surface area contributed by atoms with Crippen LogP contribution in [0.4, 0.5) is 14.9 Å². The number of aromatic nitrogens is 1. The van der Waals surface area contributed by atoms with Gasteiger partial charge in [0, 0.05) is 10.6 Å². The van der Waals surface area contributed by atoms with Crippen molar-refractivity contribution in [1.82, 2.24) is 4.98 Å². The number of hydrogen-bond acceptors (Lipinski definition) is 4. The largest absolute Gasteiger partial charge is 0.512 e. The lowest BCUT2D eigenvalue weighted by Crippen LogP contribution is -2.07. The van der Waals surface area contributed by atoms with Crippen molar-refractivity contribution in [3.05, 3.63) is 40.1 Å². The number of nitrogens with zero attached hydrogens (tertiary/aromatic N) is 1. The zero-order valence-corrected chi connectivity index (χ0v) is 11.2. The molecule has 0 saturated heterocycles. The number of ether oxygens (including phenoxy) is 1. The fourth-order valence-electron chi connectivity index (χ4n) is 1.51. The summed E-state index contributed by atoms with van der Waals surface area (Å²) >= 11 is 11.4. The fraction of sp³-hybridized carbons (Fsp3) is 0. The summed E-state index contributed by atoms with van der Waals surface area (Å²) in [7, 11) is 0. The van der Waals surface area contributed by atoms with Crippen molar-refractivity contribution in [3.8, 4) is 17.1 Å². The molecule has 0 amide bonds. The van der Waals surface area contributed by atoms with Crippen LogP contribution in [0.2, 0.25) is 10.0 Å². The van der Waals surface area contributed by atoms with E-state index in [1.165, 1.54) is 18.2 Å². The van der Waals surface area contributed by atoms with Gasteiger partial charge in [0.1, 0.15) is 10.8 Å². The minimum Gasteiger partial charge on any atom is -0.449 e. The first kappa shape index (κ1) is 14.4. The Kier molecular flexibility index (Phi) is 3.96. The van der Waals surface area contributed by atoms with E-state index in [4.69, 9.17) is 34.0 Å². The molecule has 3 N–H and O–H groups in total. The number of rotatable bonds is 2. The highest BCUT2D eigenvalue weighted by Crippen LogP contribution is 2.34. The Bertz CT molecular complexity index is 695. The third-order valence-electron chi connectivity index (χ3n) is 2.35. The molecular weight excluding hydrogens is 310 g/mol. The average Bonchev–Trinajstić information content (AvgIpc) is 2.34. The molecule has 20 heavy (non-hydrogen) atoms. The first-order valence-corrected chi connectivity index (χ1v) is 5.96. The summed E-state index contributed by atoms with van der Waals surface area (Å²) in [5.74, 6) is -1.04. The smallest absolute Gasteiger partial charge is 0.449 e. The molecule has 5 nitrogen and oxygen atoms in total. The number of anilines is 1. The van der Waals surface area contributed by atoms with Gasteiger partial charge < -0.3 is 15.6 Å². The monoisotopic (exact) mass is 316 g/mol. The van der Waals surface area contributed by atoms with Crippen LogP contribution in [0.15, 0.2) is 24.3 Å². The molecule has 0 aliphatic rings. The number of hydrogen-bond donors (Lipinski definition) is 2. The molecule has 2 rings (SSSR count). The highest BCUT2D eigenvalue weighted by molar-refractivity contribution is 6.34. The first-order chi connectivity index (χ1) is 9.38. The van der Waals surface area contributed by atoms with Crippen molar-refractivity contribution in [1.29, 1.82) is 0 Å². The quantitative estimate of drug-likeness (QED) is 0.822. The van der Waals surface area contributed by atoms with Gasteiger partial charge in [0.25, 0.3) is 0 Å². The van der Waals surface area contributed by atoms with Crippen LogP contribution >= 0.6 is 23.2 Å². The molecule has 0 bridgehead atoms. The second-order valence-corrected chi connectivity index (χ2v) is 4.52. The molecule has 1 aromatic carbocycles. The minimum atomic E-state index is -1.60. The Labute approximate surface area is 122 Å². The third kappa shape index (κ3) is 2.92. The molecule has 104 valence electrons. The number of benzene rings is 1. The van der Waals surface area contributed by atoms with Gasteiger partial charge >= 0.3 is 6.16 Å². The van der Waals surface area contributed by atoms with Crippen molar-refractivity contribution < 1.29 is 19.0 Å². The molecule has 0 radical (unpaired) electrons. The van der Waals surface area contributed by atoms with Crippen LogP contribution in [0.1, 0.15) is 0 Å². The van der Waals surface area contributed by atoms with E-state index in [9.17, 15) is 9.18 Å². The molecule has 0 aliphatic carbocycles. The van der Waals surface area contributed by atoms with E-state index in [-0.39, 0.29) is 27.0 Å². The van der Waals surface area contributed by atoms with E-state index in [1.807, 2.05) is 0 Å². The lowest BCUT2D eigenvalue weighted by molar-refractivity contribution is 0.142. The van der Waals surface area contributed by atoms with Crippen molar-refractivity contribution in [2.75, 3.05) is 5.73 Å². The van der Waals surface area contributed by atoms with Crippen LogP contribution in [0, 0.1) is 5.82 Å². The lowest BCUT2D eigenvalue weighted by atomic mass is 10.1. The number of carbonyl (C=O) groups is 1. The van der Waals surface area contributed by atoms with E-state index < -0.39 is 17.9 Å². The van der Waals surface area contributed by atoms with Gasteiger partial charge in [0.15, 0.2) is 0 Å². The Morgan fingerprint density at radius 1 is 1.35 bits per heavy atom. The van der Waals surface area contributed by atoms with E-state index >= 15 is 0 Å². The Morgan fingerprint density at radius 2 is 2.05 bits per heavy atom. The molecule has 0 saturated carbocycles. The van der Waals surface area contributed by atoms with E-state index in [1.54, 1.807) is 0 Å². The molecule has 0 atom stereocenters. The predicted octanol–water partition coefficient (Wildman–Crippen LogP) is 3.83. The van der Waals surface area contributed by atoms with Crippen LogP contribution in [-0.2, 0) is 0 Å². The fourth-order valence-corrected chi connectivity index (χ4v) is 1.80. The van der Waals surface area contributed by atoms with Gasteiger partial charge in [-0.25, -0.2) is 14.2 Å². The molecule has 0 fully saturated rings. The summed E-state index contributed by atoms with van der Waals surface area (Å²) in [5.41, 5.74) is 5.81. The third-order valence-corrected chi connectivity index (χ3v) is 2.96. The second-order valence-electron chi connectivity index (χ2n) is 3.71. The van der Waals surface area contributed by atoms with Gasteiger partial charge in [0.05, 0.1) is 11.4 Å². The lowest BCUT2D eigenvalue weighted by Gasteiger charge is -2.09. The molecule has 1 aromatic heterocycles. The topological polar surface area (TPSA) is 85.4 Å². The first-order valence-electron chi connectivity index (χ1n) is 5.20. The van der Waals surface area contributed by atoms with Crippen LogP contribution in [0.5, 0.6) is 5.88 Å². The molecular formula is C12H7Cl2FN2O3. The number of carboxylic acid groups (broad SMARTS) is 1. The summed E-state index contributed by atoms with van der Waals surface area (Å²) in [6.07, 6.45) is -1.60. The molecule has 0 aliphatic heterocycles. The normalized spacial score (nSPS) is 10.3.